The summed E-state index contributed by atoms with van der Waals surface area (Å²) in [7, 11) is 0. The first-order chi connectivity index (χ1) is 10.3. The molecule has 0 aromatic rings. The Morgan fingerprint density at radius 1 is 1.23 bits per heavy atom. The Morgan fingerprint density at radius 2 is 2.00 bits per heavy atom. The van der Waals surface area contributed by atoms with Gasteiger partial charge in [-0.15, -0.1) is 24.0 Å². The molecule has 0 aliphatic carbocycles. The Bertz CT molecular complexity index is 313. The smallest absolute Gasteiger partial charge is 0.191 e. The molecule has 5 nitrogen and oxygen atoms in total. The Hall–Kier alpha value is -0.0800. The van der Waals surface area contributed by atoms with Crippen LogP contribution in [0.1, 0.15) is 46.0 Å². The second-order valence-electron chi connectivity index (χ2n) is 6.11. The molecule has 0 radical (unpaired) electrons. The van der Waals surface area contributed by atoms with E-state index in [-0.39, 0.29) is 24.0 Å². The first-order valence-corrected chi connectivity index (χ1v) is 8.70. The standard InChI is InChI=1S/C16H32N4O.HI/c1-3-9-20-10-7-14(8-11-20)19-16(17-4-2)18-13-15-6-5-12-21-15;/h14-15H,3-13H2,1-2H3,(H2,17,18,19);1H. The van der Waals surface area contributed by atoms with Crippen LogP contribution in [0.15, 0.2) is 4.99 Å². The maximum atomic E-state index is 5.64. The lowest BCUT2D eigenvalue weighted by Gasteiger charge is -2.32. The molecule has 2 rings (SSSR count). The maximum absolute atomic E-state index is 5.64. The Morgan fingerprint density at radius 3 is 2.59 bits per heavy atom. The van der Waals surface area contributed by atoms with Gasteiger partial charge in [0.15, 0.2) is 5.96 Å². The molecular formula is C16H33IN4O. The second kappa shape index (κ2) is 11.5. The largest absolute Gasteiger partial charge is 0.376 e. The maximum Gasteiger partial charge on any atom is 0.191 e. The summed E-state index contributed by atoms with van der Waals surface area (Å²) >= 11 is 0. The number of halogens is 1. The number of likely N-dealkylation sites (tertiary alicyclic amines) is 1. The number of ether oxygens (including phenoxy) is 1. The monoisotopic (exact) mass is 424 g/mol. The van der Waals surface area contributed by atoms with Gasteiger partial charge in [0.2, 0.25) is 0 Å². The highest BCUT2D eigenvalue weighted by Gasteiger charge is 2.20. The lowest BCUT2D eigenvalue weighted by atomic mass is 10.1. The Balaban J connectivity index is 0.00000242. The van der Waals surface area contributed by atoms with Gasteiger partial charge in [0.25, 0.3) is 0 Å². The molecule has 0 aromatic heterocycles. The number of aliphatic imine (C=N–C) groups is 1. The van der Waals surface area contributed by atoms with E-state index in [1.165, 1.54) is 45.3 Å². The molecule has 2 saturated heterocycles. The summed E-state index contributed by atoms with van der Waals surface area (Å²) in [6.07, 6.45) is 6.34. The molecule has 6 heteroatoms. The Labute approximate surface area is 152 Å². The van der Waals surface area contributed by atoms with Crippen LogP contribution in [-0.4, -0.2) is 62.3 Å². The van der Waals surface area contributed by atoms with Crippen LogP contribution in [0.2, 0.25) is 0 Å². The Kier molecular flexibility index (Phi) is 10.4. The highest BCUT2D eigenvalue weighted by molar-refractivity contribution is 14.0. The van der Waals surface area contributed by atoms with Gasteiger partial charge in [0.05, 0.1) is 12.6 Å². The fourth-order valence-electron chi connectivity index (χ4n) is 3.11. The number of rotatable bonds is 6. The van der Waals surface area contributed by atoms with E-state index in [0.717, 1.165) is 32.1 Å². The number of piperidine rings is 1. The van der Waals surface area contributed by atoms with E-state index >= 15 is 0 Å². The average Bonchev–Trinajstić information content (AvgIpc) is 3.01. The number of guanidine groups is 1. The molecule has 0 aromatic carbocycles. The molecular weight excluding hydrogens is 391 g/mol. The lowest BCUT2D eigenvalue weighted by Crippen LogP contribution is -2.49. The van der Waals surface area contributed by atoms with Gasteiger partial charge in [-0.1, -0.05) is 6.92 Å². The third-order valence-corrected chi connectivity index (χ3v) is 4.29. The molecule has 1 unspecified atom stereocenters. The minimum atomic E-state index is 0. The van der Waals surface area contributed by atoms with Crippen molar-refractivity contribution in [1.82, 2.24) is 15.5 Å². The summed E-state index contributed by atoms with van der Waals surface area (Å²) in [6, 6.07) is 0.556. The molecule has 2 heterocycles. The van der Waals surface area contributed by atoms with Crippen molar-refractivity contribution in [1.29, 1.82) is 0 Å². The zero-order chi connectivity index (χ0) is 14.9. The number of hydrogen-bond donors (Lipinski definition) is 2. The van der Waals surface area contributed by atoms with Crippen LogP contribution in [-0.2, 0) is 4.74 Å². The third kappa shape index (κ3) is 7.00. The van der Waals surface area contributed by atoms with E-state index in [1.807, 2.05) is 0 Å². The van der Waals surface area contributed by atoms with Gasteiger partial charge in [-0.3, -0.25) is 4.99 Å². The van der Waals surface area contributed by atoms with E-state index in [9.17, 15) is 0 Å². The van der Waals surface area contributed by atoms with Crippen molar-refractivity contribution in [3.63, 3.8) is 0 Å². The topological polar surface area (TPSA) is 48.9 Å². The van der Waals surface area contributed by atoms with Crippen molar-refractivity contribution in [3.8, 4) is 0 Å². The molecule has 0 amide bonds. The summed E-state index contributed by atoms with van der Waals surface area (Å²) in [4.78, 5) is 7.26. The van der Waals surface area contributed by atoms with Crippen molar-refractivity contribution in [2.24, 2.45) is 4.99 Å². The van der Waals surface area contributed by atoms with Gasteiger partial charge in [0.1, 0.15) is 0 Å². The lowest BCUT2D eigenvalue weighted by molar-refractivity contribution is 0.117. The van der Waals surface area contributed by atoms with Crippen molar-refractivity contribution in [3.05, 3.63) is 0 Å². The number of nitrogens with zero attached hydrogens (tertiary/aromatic N) is 2. The zero-order valence-electron chi connectivity index (χ0n) is 14.1. The quantitative estimate of drug-likeness (QED) is 0.390. The van der Waals surface area contributed by atoms with Crippen LogP contribution >= 0.6 is 24.0 Å². The molecule has 2 N–H and O–H groups in total. The molecule has 2 fully saturated rings. The SMILES string of the molecule is CCCN1CCC(NC(=NCC2CCCO2)NCC)CC1.I. The van der Waals surface area contributed by atoms with Gasteiger partial charge in [-0.05, 0) is 45.6 Å². The summed E-state index contributed by atoms with van der Waals surface area (Å²) in [5.41, 5.74) is 0. The fraction of sp³-hybridized carbons (Fsp3) is 0.938. The minimum absolute atomic E-state index is 0. The van der Waals surface area contributed by atoms with Crippen molar-refractivity contribution in [2.45, 2.75) is 58.1 Å². The van der Waals surface area contributed by atoms with Crippen LogP contribution in [0, 0.1) is 0 Å². The van der Waals surface area contributed by atoms with E-state index in [2.05, 4.69) is 29.4 Å². The van der Waals surface area contributed by atoms with Gasteiger partial charge in [0, 0.05) is 32.3 Å². The predicted molar refractivity (Wildman–Crippen MR) is 103 cm³/mol. The molecule has 22 heavy (non-hydrogen) atoms. The predicted octanol–water partition coefficient (Wildman–Crippen LogP) is 2.21. The summed E-state index contributed by atoms with van der Waals surface area (Å²) in [6.45, 7) is 10.6. The van der Waals surface area contributed by atoms with Gasteiger partial charge in [-0.2, -0.15) is 0 Å². The van der Waals surface area contributed by atoms with Crippen molar-refractivity contribution in [2.75, 3.05) is 39.3 Å². The highest BCUT2D eigenvalue weighted by atomic mass is 127. The fourth-order valence-corrected chi connectivity index (χ4v) is 3.11. The molecule has 130 valence electrons. The van der Waals surface area contributed by atoms with Crippen LogP contribution in [0.3, 0.4) is 0 Å². The van der Waals surface area contributed by atoms with Crippen LogP contribution in [0.5, 0.6) is 0 Å². The molecule has 0 bridgehead atoms. The van der Waals surface area contributed by atoms with E-state index in [0.29, 0.717) is 12.1 Å². The zero-order valence-corrected chi connectivity index (χ0v) is 16.5. The second-order valence-corrected chi connectivity index (χ2v) is 6.11. The first kappa shape index (κ1) is 20.0. The van der Waals surface area contributed by atoms with Crippen LogP contribution < -0.4 is 10.6 Å². The molecule has 2 aliphatic heterocycles. The average molecular weight is 424 g/mol. The van der Waals surface area contributed by atoms with Crippen molar-refractivity contribution >= 4 is 29.9 Å². The van der Waals surface area contributed by atoms with E-state index < -0.39 is 0 Å². The van der Waals surface area contributed by atoms with Crippen LogP contribution in [0.4, 0.5) is 0 Å². The number of nitrogens with one attached hydrogen (secondary N) is 2. The molecule has 0 saturated carbocycles. The van der Waals surface area contributed by atoms with Gasteiger partial charge >= 0.3 is 0 Å². The van der Waals surface area contributed by atoms with E-state index in [1.54, 1.807) is 0 Å². The van der Waals surface area contributed by atoms with Crippen molar-refractivity contribution < 1.29 is 4.74 Å². The number of hydrogen-bond acceptors (Lipinski definition) is 3. The minimum Gasteiger partial charge on any atom is -0.376 e. The summed E-state index contributed by atoms with van der Waals surface area (Å²) < 4.78 is 5.64. The first-order valence-electron chi connectivity index (χ1n) is 8.70. The highest BCUT2D eigenvalue weighted by Crippen LogP contribution is 2.12. The third-order valence-electron chi connectivity index (χ3n) is 4.29. The summed E-state index contributed by atoms with van der Waals surface area (Å²) in [5, 5.41) is 6.96. The molecule has 0 spiro atoms. The van der Waals surface area contributed by atoms with Gasteiger partial charge < -0.3 is 20.3 Å². The normalized spacial score (nSPS) is 24.1. The summed E-state index contributed by atoms with van der Waals surface area (Å²) in [5.74, 6) is 0.960. The van der Waals surface area contributed by atoms with Crippen LogP contribution in [0.25, 0.3) is 0 Å². The molecule has 2 aliphatic rings. The van der Waals surface area contributed by atoms with E-state index in [4.69, 9.17) is 9.73 Å². The molecule has 1 atom stereocenters. The van der Waals surface area contributed by atoms with Gasteiger partial charge in [-0.25, -0.2) is 0 Å².